The van der Waals surface area contributed by atoms with Crippen molar-refractivity contribution >= 4 is 0 Å². The van der Waals surface area contributed by atoms with E-state index in [-0.39, 0.29) is 12.7 Å². The van der Waals surface area contributed by atoms with E-state index in [0.717, 1.165) is 41.6 Å². The van der Waals surface area contributed by atoms with E-state index >= 15 is 0 Å². The monoisotopic (exact) mass is 356 g/mol. The van der Waals surface area contributed by atoms with Crippen LogP contribution in [0, 0.1) is 0 Å². The van der Waals surface area contributed by atoms with Crippen LogP contribution in [0.5, 0.6) is 23.0 Å². The minimum absolute atomic E-state index is 0.182. The fraction of sp³-hybridized carbons (Fsp3) is 0.455. The molecule has 0 aromatic heterocycles. The van der Waals surface area contributed by atoms with E-state index in [1.807, 2.05) is 18.2 Å². The Morgan fingerprint density at radius 3 is 2.42 bits per heavy atom. The lowest BCUT2D eigenvalue weighted by Gasteiger charge is -2.18. The molecule has 0 saturated carbocycles. The molecule has 4 heteroatoms. The molecule has 0 saturated heterocycles. The second-order valence-corrected chi connectivity index (χ2v) is 6.65. The van der Waals surface area contributed by atoms with E-state index in [0.29, 0.717) is 0 Å². The number of ether oxygens (including phenoxy) is 4. The van der Waals surface area contributed by atoms with Gasteiger partial charge in [0, 0.05) is 17.5 Å². The van der Waals surface area contributed by atoms with E-state index in [9.17, 15) is 0 Å². The van der Waals surface area contributed by atoms with Gasteiger partial charge in [-0.2, -0.15) is 0 Å². The van der Waals surface area contributed by atoms with Gasteiger partial charge < -0.3 is 18.9 Å². The van der Waals surface area contributed by atoms with Crippen molar-refractivity contribution in [3.63, 3.8) is 0 Å². The van der Waals surface area contributed by atoms with Crippen LogP contribution in [0.15, 0.2) is 36.4 Å². The smallest absolute Gasteiger partial charge is 0.231 e. The van der Waals surface area contributed by atoms with Crippen molar-refractivity contribution < 1.29 is 18.9 Å². The van der Waals surface area contributed by atoms with Gasteiger partial charge in [0.1, 0.15) is 11.5 Å². The van der Waals surface area contributed by atoms with E-state index < -0.39 is 0 Å². The van der Waals surface area contributed by atoms with Gasteiger partial charge in [-0.25, -0.2) is 0 Å². The van der Waals surface area contributed by atoms with Gasteiger partial charge in [0.25, 0.3) is 0 Å². The Morgan fingerprint density at radius 1 is 1.00 bits per heavy atom. The summed E-state index contributed by atoms with van der Waals surface area (Å²) in [7, 11) is 1.68. The van der Waals surface area contributed by atoms with Crippen molar-refractivity contribution in [3.05, 3.63) is 47.5 Å². The number of fused-ring (bicyclic) bond motifs is 1. The lowest BCUT2D eigenvalue weighted by atomic mass is 9.92. The molecule has 2 aromatic carbocycles. The van der Waals surface area contributed by atoms with Crippen molar-refractivity contribution in [2.45, 2.75) is 45.4 Å². The molecule has 2 aromatic rings. The molecule has 0 aliphatic carbocycles. The first-order valence-corrected chi connectivity index (χ1v) is 9.43. The van der Waals surface area contributed by atoms with Gasteiger partial charge in [-0.05, 0) is 30.2 Å². The summed E-state index contributed by atoms with van der Waals surface area (Å²) in [5, 5.41) is 0. The highest BCUT2D eigenvalue weighted by atomic mass is 16.7. The van der Waals surface area contributed by atoms with Crippen LogP contribution in [0.1, 0.15) is 56.6 Å². The number of rotatable bonds is 9. The molecule has 1 aliphatic rings. The van der Waals surface area contributed by atoms with Crippen LogP contribution >= 0.6 is 0 Å². The first-order valence-electron chi connectivity index (χ1n) is 9.43. The summed E-state index contributed by atoms with van der Waals surface area (Å²) in [6, 6.07) is 12.2. The van der Waals surface area contributed by atoms with Crippen LogP contribution in [0.4, 0.5) is 0 Å². The number of benzene rings is 2. The Balaban J connectivity index is 1.81. The maximum Gasteiger partial charge on any atom is 0.231 e. The molecular weight excluding hydrogens is 328 g/mol. The fourth-order valence-corrected chi connectivity index (χ4v) is 3.19. The van der Waals surface area contributed by atoms with E-state index in [1.165, 1.54) is 24.8 Å². The molecule has 140 valence electrons. The average molecular weight is 356 g/mol. The van der Waals surface area contributed by atoms with Crippen molar-refractivity contribution in [1.82, 2.24) is 0 Å². The number of hydrogen-bond donors (Lipinski definition) is 0. The second-order valence-electron chi connectivity index (χ2n) is 6.65. The summed E-state index contributed by atoms with van der Waals surface area (Å²) in [4.78, 5) is 0. The van der Waals surface area contributed by atoms with Crippen LogP contribution in [-0.2, 0) is 0 Å². The quantitative estimate of drug-likeness (QED) is 0.553. The molecule has 0 N–H and O–H groups in total. The highest BCUT2D eigenvalue weighted by molar-refractivity contribution is 5.54. The van der Waals surface area contributed by atoms with Gasteiger partial charge in [0.2, 0.25) is 6.79 Å². The van der Waals surface area contributed by atoms with Crippen LogP contribution in [0.25, 0.3) is 0 Å². The Kier molecular flexibility index (Phi) is 6.26. The molecule has 3 rings (SSSR count). The van der Waals surface area contributed by atoms with Gasteiger partial charge in [-0.15, -0.1) is 0 Å². The standard InChI is InChI=1S/C22H28O4/c1-4-5-6-7-12-24-20-14-22-21(25-15-26-22)13-19(20)16(2)17-8-10-18(23-3)11-9-17/h8-11,13-14,16H,4-7,12,15H2,1-3H3/t16-/m1/s1. The Hall–Kier alpha value is -2.36. The summed E-state index contributed by atoms with van der Waals surface area (Å²) >= 11 is 0. The molecule has 4 nitrogen and oxygen atoms in total. The minimum Gasteiger partial charge on any atom is -0.497 e. The third-order valence-electron chi connectivity index (χ3n) is 4.84. The fourth-order valence-electron chi connectivity index (χ4n) is 3.19. The lowest BCUT2D eigenvalue weighted by Crippen LogP contribution is -2.04. The topological polar surface area (TPSA) is 36.9 Å². The van der Waals surface area contributed by atoms with E-state index in [1.54, 1.807) is 7.11 Å². The van der Waals surface area contributed by atoms with Crippen molar-refractivity contribution in [1.29, 1.82) is 0 Å². The Bertz CT molecular complexity index is 709. The summed E-state index contributed by atoms with van der Waals surface area (Å²) in [6.45, 7) is 5.39. The van der Waals surface area contributed by atoms with E-state index in [4.69, 9.17) is 18.9 Å². The van der Waals surface area contributed by atoms with Crippen LogP contribution in [-0.4, -0.2) is 20.5 Å². The molecule has 1 atom stereocenters. The van der Waals surface area contributed by atoms with Crippen LogP contribution in [0.3, 0.4) is 0 Å². The zero-order chi connectivity index (χ0) is 18.4. The normalized spacial score (nSPS) is 13.5. The maximum atomic E-state index is 6.14. The SMILES string of the molecule is CCCCCCOc1cc2c(cc1[C@H](C)c1ccc(OC)cc1)OCO2. The van der Waals surface area contributed by atoms with Gasteiger partial charge >= 0.3 is 0 Å². The van der Waals surface area contributed by atoms with Crippen LogP contribution < -0.4 is 18.9 Å². The summed E-state index contributed by atoms with van der Waals surface area (Å²) in [5.74, 6) is 3.48. The molecule has 0 unspecified atom stereocenters. The van der Waals surface area contributed by atoms with Gasteiger partial charge in [0.05, 0.1) is 13.7 Å². The molecule has 0 fully saturated rings. The maximum absolute atomic E-state index is 6.14. The predicted molar refractivity (Wildman–Crippen MR) is 103 cm³/mol. The third kappa shape index (κ3) is 4.24. The highest BCUT2D eigenvalue weighted by Gasteiger charge is 2.22. The lowest BCUT2D eigenvalue weighted by molar-refractivity contribution is 0.173. The Morgan fingerprint density at radius 2 is 1.73 bits per heavy atom. The number of methoxy groups -OCH3 is 1. The average Bonchev–Trinajstić information content (AvgIpc) is 3.14. The molecule has 26 heavy (non-hydrogen) atoms. The second kappa shape index (κ2) is 8.84. The molecule has 0 spiro atoms. The van der Waals surface area contributed by atoms with E-state index in [2.05, 4.69) is 32.0 Å². The first-order chi connectivity index (χ1) is 12.7. The highest BCUT2D eigenvalue weighted by Crippen LogP contribution is 2.42. The van der Waals surface area contributed by atoms with Gasteiger partial charge in [-0.3, -0.25) is 0 Å². The zero-order valence-corrected chi connectivity index (χ0v) is 15.9. The molecule has 0 bridgehead atoms. The summed E-state index contributed by atoms with van der Waals surface area (Å²) in [5.41, 5.74) is 2.33. The molecule has 1 heterocycles. The van der Waals surface area contributed by atoms with Crippen molar-refractivity contribution in [2.24, 2.45) is 0 Å². The first kappa shape index (κ1) is 18.4. The predicted octanol–water partition coefficient (Wildman–Crippen LogP) is 5.53. The summed E-state index contributed by atoms with van der Waals surface area (Å²) in [6.07, 6.45) is 4.74. The molecular formula is C22H28O4. The van der Waals surface area contributed by atoms with Gasteiger partial charge in [-0.1, -0.05) is 45.2 Å². The summed E-state index contributed by atoms with van der Waals surface area (Å²) < 4.78 is 22.5. The molecule has 0 amide bonds. The third-order valence-corrected chi connectivity index (χ3v) is 4.84. The Labute approximate surface area is 156 Å². The molecule has 1 aliphatic heterocycles. The minimum atomic E-state index is 0.182. The number of unbranched alkanes of at least 4 members (excludes halogenated alkanes) is 3. The van der Waals surface area contributed by atoms with Crippen molar-refractivity contribution in [3.8, 4) is 23.0 Å². The molecule has 0 radical (unpaired) electrons. The number of hydrogen-bond acceptors (Lipinski definition) is 4. The van der Waals surface area contributed by atoms with Crippen LogP contribution in [0.2, 0.25) is 0 Å². The van der Waals surface area contributed by atoms with Crippen molar-refractivity contribution in [2.75, 3.05) is 20.5 Å². The zero-order valence-electron chi connectivity index (χ0n) is 15.9. The van der Waals surface area contributed by atoms with Gasteiger partial charge in [0.15, 0.2) is 11.5 Å². The largest absolute Gasteiger partial charge is 0.497 e.